The first-order valence-electron chi connectivity index (χ1n) is 14.3. The van der Waals surface area contributed by atoms with Crippen molar-refractivity contribution in [2.24, 2.45) is 0 Å². The van der Waals surface area contributed by atoms with Crippen LogP contribution < -0.4 is 11.1 Å². The predicted octanol–water partition coefficient (Wildman–Crippen LogP) is 3.02. The fraction of sp³-hybridized carbons (Fsp3) is 0.600. The topological polar surface area (TPSA) is 104 Å². The number of anilines is 1. The van der Waals surface area contributed by atoms with Crippen LogP contribution in [0.1, 0.15) is 66.8 Å². The van der Waals surface area contributed by atoms with Crippen LogP contribution in [-0.2, 0) is 4.74 Å². The SMILES string of the molecule is Nc1ncc(-c2ccc(C3CCN(CCN4CCOCC4)C3)cc2)cc1C(=O)NC12CCC(O)(CC1)CC2. The molecule has 3 aliphatic carbocycles. The smallest absolute Gasteiger partial charge is 0.255 e. The van der Waals surface area contributed by atoms with Gasteiger partial charge in [-0.25, -0.2) is 4.98 Å². The van der Waals surface area contributed by atoms with Crippen LogP contribution in [0.4, 0.5) is 5.82 Å². The number of aromatic nitrogens is 1. The van der Waals surface area contributed by atoms with E-state index in [9.17, 15) is 9.90 Å². The Labute approximate surface area is 225 Å². The molecule has 4 N–H and O–H groups in total. The number of hydrogen-bond donors (Lipinski definition) is 3. The number of carbonyl (C=O) groups excluding carboxylic acids is 1. The maximum absolute atomic E-state index is 13.3. The molecule has 1 aromatic heterocycles. The minimum atomic E-state index is -0.529. The Kier molecular flexibility index (Phi) is 7.16. The first-order chi connectivity index (χ1) is 18.4. The quantitative estimate of drug-likeness (QED) is 0.517. The summed E-state index contributed by atoms with van der Waals surface area (Å²) < 4.78 is 5.46. The molecule has 1 amide bonds. The molecular weight excluding hydrogens is 478 g/mol. The number of amides is 1. The number of nitrogen functional groups attached to an aromatic ring is 1. The molecule has 8 heteroatoms. The van der Waals surface area contributed by atoms with Gasteiger partial charge in [-0.3, -0.25) is 9.69 Å². The zero-order valence-electron chi connectivity index (χ0n) is 22.3. The van der Waals surface area contributed by atoms with Gasteiger partial charge in [0.1, 0.15) is 5.82 Å². The second-order valence-electron chi connectivity index (χ2n) is 12.0. The monoisotopic (exact) mass is 519 g/mol. The Morgan fingerprint density at radius 1 is 1.00 bits per heavy atom. The van der Waals surface area contributed by atoms with Crippen molar-refractivity contribution in [1.29, 1.82) is 0 Å². The fourth-order valence-electron chi connectivity index (χ4n) is 6.84. The van der Waals surface area contributed by atoms with E-state index >= 15 is 0 Å². The second kappa shape index (κ2) is 10.6. The minimum absolute atomic E-state index is 0.163. The molecule has 204 valence electrons. The van der Waals surface area contributed by atoms with E-state index in [4.69, 9.17) is 10.5 Å². The number of likely N-dealkylation sites (tertiary alicyclic amines) is 1. The molecule has 5 fully saturated rings. The van der Waals surface area contributed by atoms with Crippen molar-refractivity contribution in [3.63, 3.8) is 0 Å². The number of nitrogens with one attached hydrogen (secondary N) is 1. The van der Waals surface area contributed by atoms with Crippen LogP contribution in [0.25, 0.3) is 11.1 Å². The number of morpholine rings is 1. The Balaban J connectivity index is 1.08. The summed E-state index contributed by atoms with van der Waals surface area (Å²) in [6, 6.07) is 10.6. The van der Waals surface area contributed by atoms with Crippen molar-refractivity contribution in [2.75, 3.05) is 58.2 Å². The number of rotatable bonds is 7. The molecule has 3 heterocycles. The van der Waals surface area contributed by atoms with Crippen molar-refractivity contribution in [2.45, 2.75) is 62.0 Å². The van der Waals surface area contributed by atoms with Gasteiger partial charge in [0, 0.05) is 50.0 Å². The molecule has 1 aromatic carbocycles. The van der Waals surface area contributed by atoms with E-state index in [1.54, 1.807) is 6.20 Å². The molecule has 38 heavy (non-hydrogen) atoms. The largest absolute Gasteiger partial charge is 0.390 e. The number of pyridine rings is 1. The molecule has 8 nitrogen and oxygen atoms in total. The molecule has 2 saturated heterocycles. The van der Waals surface area contributed by atoms with Gasteiger partial charge in [-0.2, -0.15) is 0 Å². The van der Waals surface area contributed by atoms with Crippen LogP contribution in [0.5, 0.6) is 0 Å². The van der Waals surface area contributed by atoms with Crippen LogP contribution in [0.2, 0.25) is 0 Å². The summed E-state index contributed by atoms with van der Waals surface area (Å²) in [6.45, 7) is 8.32. The summed E-state index contributed by atoms with van der Waals surface area (Å²) in [4.78, 5) is 22.7. The van der Waals surface area contributed by atoms with Gasteiger partial charge in [-0.1, -0.05) is 24.3 Å². The molecule has 1 unspecified atom stereocenters. The third-order valence-electron chi connectivity index (χ3n) is 9.57. The predicted molar refractivity (Wildman–Crippen MR) is 148 cm³/mol. The van der Waals surface area contributed by atoms with Crippen LogP contribution in [0.15, 0.2) is 36.5 Å². The zero-order chi connectivity index (χ0) is 26.2. The molecule has 5 aliphatic rings. The molecule has 1 atom stereocenters. The van der Waals surface area contributed by atoms with E-state index in [2.05, 4.69) is 44.4 Å². The van der Waals surface area contributed by atoms with E-state index in [1.807, 2.05) is 6.07 Å². The summed E-state index contributed by atoms with van der Waals surface area (Å²) >= 11 is 0. The zero-order valence-corrected chi connectivity index (χ0v) is 22.3. The van der Waals surface area contributed by atoms with Crippen molar-refractivity contribution in [3.8, 4) is 11.1 Å². The molecule has 3 saturated carbocycles. The number of aliphatic hydroxyl groups is 1. The van der Waals surface area contributed by atoms with E-state index in [0.717, 1.165) is 102 Å². The number of nitrogens with two attached hydrogens (primary N) is 1. The van der Waals surface area contributed by atoms with E-state index in [1.165, 1.54) is 12.0 Å². The summed E-state index contributed by atoms with van der Waals surface area (Å²) in [5.41, 5.74) is 9.13. The number of carbonyl (C=O) groups is 1. The lowest BCUT2D eigenvalue weighted by atomic mass is 9.63. The standard InChI is InChI=1S/C30H41N5O3/c31-27-26(28(36)33-29-6-9-30(37,10-7-29)11-8-29)19-25(20-32-27)23-3-1-22(2-4-23)24-5-12-35(21-24)14-13-34-15-17-38-18-16-34/h1-4,19-20,24,37H,5-18,21H2,(H2,31,32)(H,33,36). The van der Waals surface area contributed by atoms with Crippen LogP contribution in [-0.4, -0.2) is 89.4 Å². The van der Waals surface area contributed by atoms with Crippen LogP contribution in [0.3, 0.4) is 0 Å². The lowest BCUT2D eigenvalue weighted by Gasteiger charge is -2.51. The van der Waals surface area contributed by atoms with Gasteiger partial charge >= 0.3 is 0 Å². The van der Waals surface area contributed by atoms with Gasteiger partial charge in [-0.05, 0) is 74.6 Å². The Morgan fingerprint density at radius 2 is 1.68 bits per heavy atom. The summed E-state index contributed by atoms with van der Waals surface area (Å²) in [5.74, 6) is 0.650. The highest BCUT2D eigenvalue weighted by molar-refractivity contribution is 5.99. The number of ether oxygens (including phenoxy) is 1. The highest BCUT2D eigenvalue weighted by atomic mass is 16.5. The first kappa shape index (κ1) is 25.7. The second-order valence-corrected chi connectivity index (χ2v) is 12.0. The third-order valence-corrected chi connectivity index (χ3v) is 9.57. The fourth-order valence-corrected chi connectivity index (χ4v) is 6.84. The minimum Gasteiger partial charge on any atom is -0.390 e. The summed E-state index contributed by atoms with van der Waals surface area (Å²) in [5, 5.41) is 13.8. The van der Waals surface area contributed by atoms with Crippen LogP contribution in [0, 0.1) is 0 Å². The van der Waals surface area contributed by atoms with Crippen LogP contribution >= 0.6 is 0 Å². The average Bonchev–Trinajstić information content (AvgIpc) is 3.43. The molecule has 0 radical (unpaired) electrons. The maximum atomic E-state index is 13.3. The van der Waals surface area contributed by atoms with Crippen molar-refractivity contribution < 1.29 is 14.6 Å². The molecule has 0 spiro atoms. The molecule has 2 aliphatic heterocycles. The molecular formula is C30H41N5O3. The number of nitrogens with zero attached hydrogens (tertiary/aromatic N) is 3. The van der Waals surface area contributed by atoms with E-state index < -0.39 is 5.60 Å². The van der Waals surface area contributed by atoms with Gasteiger partial charge in [0.25, 0.3) is 5.91 Å². The normalized spacial score (nSPS) is 30.0. The lowest BCUT2D eigenvalue weighted by molar-refractivity contribution is -0.0702. The van der Waals surface area contributed by atoms with Gasteiger partial charge in [-0.15, -0.1) is 0 Å². The van der Waals surface area contributed by atoms with E-state index in [-0.39, 0.29) is 17.3 Å². The van der Waals surface area contributed by atoms with Crippen molar-refractivity contribution >= 4 is 11.7 Å². The Bertz CT molecular complexity index is 1120. The summed E-state index contributed by atoms with van der Waals surface area (Å²) in [6.07, 6.45) is 7.64. The van der Waals surface area contributed by atoms with Gasteiger partial charge in [0.15, 0.2) is 0 Å². The Hall–Kier alpha value is -2.52. The van der Waals surface area contributed by atoms with Crippen molar-refractivity contribution in [1.82, 2.24) is 20.1 Å². The maximum Gasteiger partial charge on any atom is 0.255 e. The van der Waals surface area contributed by atoms with Gasteiger partial charge in [0.05, 0.1) is 24.4 Å². The molecule has 7 rings (SSSR count). The number of hydrogen-bond acceptors (Lipinski definition) is 7. The first-order valence-corrected chi connectivity index (χ1v) is 14.3. The third kappa shape index (κ3) is 5.45. The Morgan fingerprint density at radius 3 is 2.39 bits per heavy atom. The molecule has 2 bridgehead atoms. The molecule has 2 aromatic rings. The highest BCUT2D eigenvalue weighted by Crippen LogP contribution is 2.46. The number of benzene rings is 1. The summed E-state index contributed by atoms with van der Waals surface area (Å²) in [7, 11) is 0. The lowest BCUT2D eigenvalue weighted by Crippen LogP contribution is -2.58. The van der Waals surface area contributed by atoms with Gasteiger partial charge < -0.3 is 25.8 Å². The highest BCUT2D eigenvalue weighted by Gasteiger charge is 2.48. The average molecular weight is 520 g/mol. The number of fused-ring (bicyclic) bond motifs is 3. The van der Waals surface area contributed by atoms with Crippen molar-refractivity contribution in [3.05, 3.63) is 47.7 Å². The van der Waals surface area contributed by atoms with Gasteiger partial charge in [0.2, 0.25) is 0 Å². The van der Waals surface area contributed by atoms with E-state index in [0.29, 0.717) is 11.5 Å².